The van der Waals surface area contributed by atoms with Gasteiger partial charge in [0.25, 0.3) is 5.91 Å². The predicted octanol–water partition coefficient (Wildman–Crippen LogP) is 4.23. The summed E-state index contributed by atoms with van der Waals surface area (Å²) in [7, 11) is 0. The fourth-order valence-electron chi connectivity index (χ4n) is 2.33. The molecule has 0 saturated heterocycles. The van der Waals surface area contributed by atoms with Crippen LogP contribution in [0.3, 0.4) is 0 Å². The van der Waals surface area contributed by atoms with Crippen molar-refractivity contribution in [2.75, 3.05) is 11.9 Å². The third-order valence-electron chi connectivity index (χ3n) is 3.51. The third-order valence-corrected chi connectivity index (χ3v) is 3.51. The van der Waals surface area contributed by atoms with Crippen molar-refractivity contribution in [2.45, 2.75) is 13.8 Å². The molecule has 0 aliphatic heterocycles. The van der Waals surface area contributed by atoms with E-state index in [2.05, 4.69) is 15.3 Å². The van der Waals surface area contributed by atoms with Gasteiger partial charge in [-0.2, -0.15) is 0 Å². The van der Waals surface area contributed by atoms with Crippen LogP contribution < -0.4 is 14.8 Å². The average Bonchev–Trinajstić information content (AvgIpc) is 2.65. The summed E-state index contributed by atoms with van der Waals surface area (Å²) in [6, 6.07) is 16.1. The lowest BCUT2D eigenvalue weighted by molar-refractivity contribution is 0.102. The summed E-state index contributed by atoms with van der Waals surface area (Å²) in [5.74, 6) is 2.18. The Bertz CT molecular complexity index is 895. The largest absolute Gasteiger partial charge is 0.494 e. The monoisotopic (exact) mass is 349 g/mol. The summed E-state index contributed by atoms with van der Waals surface area (Å²) in [6.07, 6.45) is 1.56. The lowest BCUT2D eigenvalue weighted by Crippen LogP contribution is -2.14. The molecule has 0 spiro atoms. The van der Waals surface area contributed by atoms with E-state index in [1.807, 2.05) is 43.3 Å². The summed E-state index contributed by atoms with van der Waals surface area (Å²) in [6.45, 7) is 4.28. The number of aryl methyl sites for hydroxylation is 1. The molecule has 1 N–H and O–H groups in total. The topological polar surface area (TPSA) is 73.3 Å². The summed E-state index contributed by atoms with van der Waals surface area (Å²) in [4.78, 5) is 20.5. The van der Waals surface area contributed by atoms with Gasteiger partial charge in [-0.25, -0.2) is 9.97 Å². The number of benzene rings is 2. The van der Waals surface area contributed by atoms with E-state index in [0.717, 1.165) is 5.75 Å². The molecule has 3 aromatic rings. The average molecular weight is 349 g/mol. The number of anilines is 1. The van der Waals surface area contributed by atoms with Crippen LogP contribution >= 0.6 is 0 Å². The SMILES string of the molecule is CCOc1ccc(Oc2ccccc2NC(=O)c2ccnc(C)n2)cc1. The van der Waals surface area contributed by atoms with Gasteiger partial charge < -0.3 is 14.8 Å². The molecule has 0 fully saturated rings. The van der Waals surface area contributed by atoms with Gasteiger partial charge in [0.05, 0.1) is 12.3 Å². The van der Waals surface area contributed by atoms with E-state index in [4.69, 9.17) is 9.47 Å². The highest BCUT2D eigenvalue weighted by atomic mass is 16.5. The maximum atomic E-state index is 12.4. The number of para-hydroxylation sites is 2. The quantitative estimate of drug-likeness (QED) is 0.721. The molecule has 26 heavy (non-hydrogen) atoms. The second-order valence-electron chi connectivity index (χ2n) is 5.45. The first-order valence-electron chi connectivity index (χ1n) is 8.26. The third kappa shape index (κ3) is 4.36. The molecule has 1 aromatic heterocycles. The van der Waals surface area contributed by atoms with Crippen molar-refractivity contribution in [1.82, 2.24) is 9.97 Å². The smallest absolute Gasteiger partial charge is 0.274 e. The lowest BCUT2D eigenvalue weighted by Gasteiger charge is -2.12. The Morgan fingerprint density at radius 2 is 1.77 bits per heavy atom. The van der Waals surface area contributed by atoms with Crippen molar-refractivity contribution in [3.05, 3.63) is 72.3 Å². The standard InChI is InChI=1S/C20H19N3O3/c1-3-25-15-8-10-16(11-9-15)26-19-7-5-4-6-17(19)23-20(24)18-12-13-21-14(2)22-18/h4-13H,3H2,1-2H3,(H,23,24). The number of hydrogen-bond acceptors (Lipinski definition) is 5. The normalized spacial score (nSPS) is 10.2. The molecular weight excluding hydrogens is 330 g/mol. The van der Waals surface area contributed by atoms with E-state index in [1.165, 1.54) is 0 Å². The van der Waals surface area contributed by atoms with Crippen LogP contribution in [0, 0.1) is 6.92 Å². The van der Waals surface area contributed by atoms with Gasteiger partial charge in [0.1, 0.15) is 23.0 Å². The first kappa shape index (κ1) is 17.4. The van der Waals surface area contributed by atoms with E-state index >= 15 is 0 Å². The number of carbonyl (C=O) groups is 1. The Morgan fingerprint density at radius 3 is 2.50 bits per heavy atom. The highest BCUT2D eigenvalue weighted by Crippen LogP contribution is 2.30. The predicted molar refractivity (Wildman–Crippen MR) is 98.8 cm³/mol. The van der Waals surface area contributed by atoms with Crippen molar-refractivity contribution in [2.24, 2.45) is 0 Å². The molecular formula is C20H19N3O3. The first-order chi connectivity index (χ1) is 12.7. The van der Waals surface area contributed by atoms with Crippen LogP contribution in [0.1, 0.15) is 23.2 Å². The summed E-state index contributed by atoms with van der Waals surface area (Å²) < 4.78 is 11.3. The minimum Gasteiger partial charge on any atom is -0.494 e. The van der Waals surface area contributed by atoms with Gasteiger partial charge in [0.2, 0.25) is 0 Å². The number of ether oxygens (including phenoxy) is 2. The molecule has 6 heteroatoms. The zero-order valence-electron chi connectivity index (χ0n) is 14.6. The number of aromatic nitrogens is 2. The molecule has 0 aliphatic rings. The van der Waals surface area contributed by atoms with Crippen LogP contribution in [-0.4, -0.2) is 22.5 Å². The Kier molecular flexibility index (Phi) is 5.43. The van der Waals surface area contributed by atoms with E-state index in [0.29, 0.717) is 35.3 Å². The molecule has 0 saturated carbocycles. The van der Waals surface area contributed by atoms with Gasteiger partial charge in [0.15, 0.2) is 5.75 Å². The van der Waals surface area contributed by atoms with Gasteiger partial charge in [-0.15, -0.1) is 0 Å². The van der Waals surface area contributed by atoms with Crippen LogP contribution in [0.15, 0.2) is 60.8 Å². The summed E-state index contributed by atoms with van der Waals surface area (Å²) in [5.41, 5.74) is 0.857. The molecule has 0 aliphatic carbocycles. The van der Waals surface area contributed by atoms with Crippen LogP contribution in [0.5, 0.6) is 17.2 Å². The molecule has 6 nitrogen and oxygen atoms in total. The minimum atomic E-state index is -0.321. The molecule has 0 atom stereocenters. The molecule has 2 aromatic carbocycles. The maximum Gasteiger partial charge on any atom is 0.274 e. The van der Waals surface area contributed by atoms with E-state index in [-0.39, 0.29) is 5.91 Å². The lowest BCUT2D eigenvalue weighted by atomic mass is 10.2. The Balaban J connectivity index is 1.76. The number of hydrogen-bond donors (Lipinski definition) is 1. The molecule has 0 radical (unpaired) electrons. The van der Waals surface area contributed by atoms with Crippen molar-refractivity contribution in [3.8, 4) is 17.2 Å². The summed E-state index contributed by atoms with van der Waals surface area (Å²) >= 11 is 0. The molecule has 3 rings (SSSR count). The van der Waals surface area contributed by atoms with E-state index in [1.54, 1.807) is 31.3 Å². The van der Waals surface area contributed by atoms with Crippen molar-refractivity contribution in [1.29, 1.82) is 0 Å². The van der Waals surface area contributed by atoms with Crippen molar-refractivity contribution < 1.29 is 14.3 Å². The molecule has 0 bridgehead atoms. The van der Waals surface area contributed by atoms with Gasteiger partial charge in [0, 0.05) is 6.20 Å². The fourth-order valence-corrected chi connectivity index (χ4v) is 2.33. The van der Waals surface area contributed by atoms with Crippen molar-refractivity contribution in [3.63, 3.8) is 0 Å². The Labute approximate surface area is 151 Å². The zero-order valence-corrected chi connectivity index (χ0v) is 14.6. The number of amides is 1. The highest BCUT2D eigenvalue weighted by molar-refractivity contribution is 6.03. The molecule has 1 heterocycles. The van der Waals surface area contributed by atoms with Crippen LogP contribution in [-0.2, 0) is 0 Å². The van der Waals surface area contributed by atoms with E-state index < -0.39 is 0 Å². The van der Waals surface area contributed by atoms with Crippen molar-refractivity contribution >= 4 is 11.6 Å². The molecule has 132 valence electrons. The number of rotatable bonds is 6. The van der Waals surface area contributed by atoms with Gasteiger partial charge in [-0.1, -0.05) is 12.1 Å². The van der Waals surface area contributed by atoms with Crippen LogP contribution in [0.2, 0.25) is 0 Å². The highest BCUT2D eigenvalue weighted by Gasteiger charge is 2.12. The first-order valence-corrected chi connectivity index (χ1v) is 8.26. The second kappa shape index (κ2) is 8.11. The Hall–Kier alpha value is -3.41. The van der Waals surface area contributed by atoms with Crippen LogP contribution in [0.4, 0.5) is 5.69 Å². The molecule has 1 amide bonds. The number of carbonyl (C=O) groups excluding carboxylic acids is 1. The summed E-state index contributed by atoms with van der Waals surface area (Å²) in [5, 5.41) is 2.83. The zero-order chi connectivity index (χ0) is 18.4. The minimum absolute atomic E-state index is 0.299. The second-order valence-corrected chi connectivity index (χ2v) is 5.45. The van der Waals surface area contributed by atoms with E-state index in [9.17, 15) is 4.79 Å². The van der Waals surface area contributed by atoms with Crippen LogP contribution in [0.25, 0.3) is 0 Å². The number of nitrogens with one attached hydrogen (secondary N) is 1. The maximum absolute atomic E-state index is 12.4. The van der Waals surface area contributed by atoms with Gasteiger partial charge in [-0.3, -0.25) is 4.79 Å². The Morgan fingerprint density at radius 1 is 1.04 bits per heavy atom. The van der Waals surface area contributed by atoms with Gasteiger partial charge >= 0.3 is 0 Å². The van der Waals surface area contributed by atoms with Gasteiger partial charge in [-0.05, 0) is 56.3 Å². The number of nitrogens with zero attached hydrogens (tertiary/aromatic N) is 2. The fraction of sp³-hybridized carbons (Fsp3) is 0.150. The molecule has 0 unspecified atom stereocenters.